The van der Waals surface area contributed by atoms with Crippen LogP contribution < -0.4 is 4.74 Å². The van der Waals surface area contributed by atoms with Crippen molar-refractivity contribution < 1.29 is 9.53 Å². The second-order valence-electron chi connectivity index (χ2n) is 7.58. The molecule has 0 radical (unpaired) electrons. The number of piperidine rings is 1. The number of carbonyl (C=O) groups excluding carboxylic acids is 1. The first-order valence-corrected chi connectivity index (χ1v) is 10.1. The third-order valence-corrected chi connectivity index (χ3v) is 5.65. The number of nitrogens with zero attached hydrogens (tertiary/aromatic N) is 3. The Morgan fingerprint density at radius 2 is 1.85 bits per heavy atom. The van der Waals surface area contributed by atoms with Gasteiger partial charge in [-0.15, -0.1) is 0 Å². The molecule has 2 fully saturated rings. The maximum Gasteiger partial charge on any atom is 0.226 e. The predicted molar refractivity (Wildman–Crippen MR) is 104 cm³/mol. The van der Waals surface area contributed by atoms with Gasteiger partial charge >= 0.3 is 0 Å². The molecule has 2 heterocycles. The van der Waals surface area contributed by atoms with E-state index in [-0.39, 0.29) is 5.91 Å². The van der Waals surface area contributed by atoms with Crippen molar-refractivity contribution in [1.82, 2.24) is 14.7 Å². The van der Waals surface area contributed by atoms with E-state index in [0.29, 0.717) is 19.1 Å². The summed E-state index contributed by atoms with van der Waals surface area (Å²) in [5.74, 6) is 1.09. The van der Waals surface area contributed by atoms with Crippen molar-refractivity contribution in [3.05, 3.63) is 30.3 Å². The van der Waals surface area contributed by atoms with E-state index in [1.165, 1.54) is 6.42 Å². The maximum absolute atomic E-state index is 12.7. The molecule has 3 rings (SSSR count). The van der Waals surface area contributed by atoms with E-state index in [4.69, 9.17) is 4.74 Å². The second-order valence-corrected chi connectivity index (χ2v) is 7.58. The summed E-state index contributed by atoms with van der Waals surface area (Å²) in [4.78, 5) is 19.8. The number of likely N-dealkylation sites (N-methyl/N-ethyl adjacent to an activating group) is 1. The van der Waals surface area contributed by atoms with Crippen molar-refractivity contribution in [2.75, 3.05) is 52.9 Å². The number of hydrogen-bond acceptors (Lipinski definition) is 4. The molecule has 0 spiro atoms. The summed E-state index contributed by atoms with van der Waals surface area (Å²) < 4.78 is 5.71. The van der Waals surface area contributed by atoms with Crippen molar-refractivity contribution in [1.29, 1.82) is 0 Å². The van der Waals surface area contributed by atoms with Gasteiger partial charge in [-0.1, -0.05) is 18.2 Å². The third-order valence-electron chi connectivity index (χ3n) is 5.65. The quantitative estimate of drug-likeness (QED) is 0.749. The molecule has 0 bridgehead atoms. The number of para-hydroxylation sites is 1. The van der Waals surface area contributed by atoms with E-state index in [9.17, 15) is 4.79 Å². The molecular formula is C21H33N3O2. The van der Waals surface area contributed by atoms with Crippen LogP contribution in [-0.2, 0) is 4.79 Å². The maximum atomic E-state index is 12.7. The average molecular weight is 360 g/mol. The lowest BCUT2D eigenvalue weighted by Gasteiger charge is -2.38. The van der Waals surface area contributed by atoms with Crippen LogP contribution in [0, 0.1) is 0 Å². The van der Waals surface area contributed by atoms with Gasteiger partial charge in [-0.2, -0.15) is 0 Å². The van der Waals surface area contributed by atoms with E-state index in [1.807, 2.05) is 30.3 Å². The normalized spacial score (nSPS) is 22.3. The first kappa shape index (κ1) is 19.2. The topological polar surface area (TPSA) is 36.0 Å². The van der Waals surface area contributed by atoms with Crippen LogP contribution in [0.5, 0.6) is 5.75 Å². The second kappa shape index (κ2) is 9.93. The molecule has 0 N–H and O–H groups in total. The fourth-order valence-electron chi connectivity index (χ4n) is 3.95. The van der Waals surface area contributed by atoms with Crippen LogP contribution in [0.2, 0.25) is 0 Å². The van der Waals surface area contributed by atoms with E-state index >= 15 is 0 Å². The number of amides is 1. The highest BCUT2D eigenvalue weighted by molar-refractivity contribution is 5.76. The lowest BCUT2D eigenvalue weighted by atomic mass is 9.98. The Balaban J connectivity index is 1.42. The zero-order valence-electron chi connectivity index (χ0n) is 16.1. The molecule has 2 saturated heterocycles. The Kier molecular flexibility index (Phi) is 7.32. The van der Waals surface area contributed by atoms with Gasteiger partial charge in [0.15, 0.2) is 0 Å². The van der Waals surface area contributed by atoms with Gasteiger partial charge in [0.05, 0.1) is 13.0 Å². The van der Waals surface area contributed by atoms with Crippen molar-refractivity contribution in [3.8, 4) is 5.75 Å². The van der Waals surface area contributed by atoms with E-state index in [1.54, 1.807) is 0 Å². The molecule has 5 heteroatoms. The molecule has 0 saturated carbocycles. The molecule has 5 nitrogen and oxygen atoms in total. The van der Waals surface area contributed by atoms with E-state index in [2.05, 4.69) is 21.7 Å². The summed E-state index contributed by atoms with van der Waals surface area (Å²) in [5.41, 5.74) is 0. The molecule has 1 aromatic carbocycles. The zero-order chi connectivity index (χ0) is 18.2. The van der Waals surface area contributed by atoms with Crippen molar-refractivity contribution in [3.63, 3.8) is 0 Å². The lowest BCUT2D eigenvalue weighted by Crippen LogP contribution is -2.48. The summed E-state index contributed by atoms with van der Waals surface area (Å²) in [6, 6.07) is 10.2. The van der Waals surface area contributed by atoms with Crippen LogP contribution in [0.1, 0.15) is 32.1 Å². The number of hydrogen-bond donors (Lipinski definition) is 0. The van der Waals surface area contributed by atoms with Crippen molar-refractivity contribution >= 4 is 5.91 Å². The highest BCUT2D eigenvalue weighted by atomic mass is 16.5. The zero-order valence-corrected chi connectivity index (χ0v) is 16.1. The Labute approximate surface area is 157 Å². The molecular weight excluding hydrogens is 326 g/mol. The first-order valence-electron chi connectivity index (χ1n) is 10.1. The highest BCUT2D eigenvalue weighted by Crippen LogP contribution is 2.21. The molecule has 0 aliphatic carbocycles. The Bertz CT molecular complexity index is 543. The summed E-state index contributed by atoms with van der Waals surface area (Å²) >= 11 is 0. The number of carbonyl (C=O) groups is 1. The monoisotopic (exact) mass is 359 g/mol. The largest absolute Gasteiger partial charge is 0.493 e. The molecule has 2 aliphatic rings. The van der Waals surface area contributed by atoms with Gasteiger partial charge in [0, 0.05) is 45.3 Å². The highest BCUT2D eigenvalue weighted by Gasteiger charge is 2.27. The lowest BCUT2D eigenvalue weighted by molar-refractivity contribution is -0.135. The number of ether oxygens (including phenoxy) is 1. The van der Waals surface area contributed by atoms with Crippen LogP contribution in [0.4, 0.5) is 0 Å². The van der Waals surface area contributed by atoms with Crippen LogP contribution in [0.15, 0.2) is 30.3 Å². The fraction of sp³-hybridized carbons (Fsp3) is 0.667. The Morgan fingerprint density at radius 1 is 1.08 bits per heavy atom. The molecule has 1 amide bonds. The molecule has 144 valence electrons. The van der Waals surface area contributed by atoms with Gasteiger partial charge in [0.2, 0.25) is 5.91 Å². The van der Waals surface area contributed by atoms with E-state index in [0.717, 1.165) is 64.3 Å². The number of piperazine rings is 1. The number of rotatable bonds is 7. The van der Waals surface area contributed by atoms with Crippen LogP contribution in [-0.4, -0.2) is 79.6 Å². The van der Waals surface area contributed by atoms with Gasteiger partial charge in [0.1, 0.15) is 5.75 Å². The molecule has 1 atom stereocenters. The predicted octanol–water partition coefficient (Wildman–Crippen LogP) is 2.47. The van der Waals surface area contributed by atoms with E-state index < -0.39 is 0 Å². The minimum Gasteiger partial charge on any atom is -0.493 e. The van der Waals surface area contributed by atoms with Gasteiger partial charge < -0.3 is 19.4 Å². The Morgan fingerprint density at radius 3 is 2.62 bits per heavy atom. The van der Waals surface area contributed by atoms with Crippen molar-refractivity contribution in [2.45, 2.75) is 38.1 Å². The number of benzene rings is 1. The van der Waals surface area contributed by atoms with Crippen LogP contribution in [0.3, 0.4) is 0 Å². The van der Waals surface area contributed by atoms with Crippen LogP contribution >= 0.6 is 0 Å². The summed E-state index contributed by atoms with van der Waals surface area (Å²) in [6.45, 7) is 7.11. The van der Waals surface area contributed by atoms with Crippen LogP contribution in [0.25, 0.3) is 0 Å². The minimum atomic E-state index is 0.254. The number of likely N-dealkylation sites (tertiary alicyclic amines) is 1. The fourth-order valence-corrected chi connectivity index (χ4v) is 3.95. The van der Waals surface area contributed by atoms with Gasteiger partial charge in [-0.3, -0.25) is 4.79 Å². The van der Waals surface area contributed by atoms with Crippen molar-refractivity contribution in [2.24, 2.45) is 0 Å². The van der Waals surface area contributed by atoms with Gasteiger partial charge in [-0.25, -0.2) is 0 Å². The molecule has 0 aromatic heterocycles. The standard InChI is InChI=1S/C21H33N3O2/c1-22-14-16-23(17-15-22)13-10-19-7-5-6-12-24(19)21(25)11-18-26-20-8-3-2-4-9-20/h2-4,8-9,19H,5-7,10-18H2,1H3. The Hall–Kier alpha value is -1.59. The molecule has 26 heavy (non-hydrogen) atoms. The van der Waals surface area contributed by atoms with Gasteiger partial charge in [-0.05, 0) is 44.9 Å². The average Bonchev–Trinajstić information content (AvgIpc) is 2.68. The first-order chi connectivity index (χ1) is 12.7. The SMILES string of the molecule is CN1CCN(CCC2CCCCN2C(=O)CCOc2ccccc2)CC1. The molecule has 1 aromatic rings. The summed E-state index contributed by atoms with van der Waals surface area (Å²) in [7, 11) is 2.19. The molecule has 1 unspecified atom stereocenters. The third kappa shape index (κ3) is 5.71. The summed E-state index contributed by atoms with van der Waals surface area (Å²) in [5, 5.41) is 0. The summed E-state index contributed by atoms with van der Waals surface area (Å²) in [6.07, 6.45) is 5.11. The molecule has 2 aliphatic heterocycles. The van der Waals surface area contributed by atoms with Gasteiger partial charge in [0.25, 0.3) is 0 Å². The smallest absolute Gasteiger partial charge is 0.226 e. The minimum absolute atomic E-state index is 0.254.